The van der Waals surface area contributed by atoms with Crippen LogP contribution in [0.25, 0.3) is 0 Å². The molecule has 0 amide bonds. The van der Waals surface area contributed by atoms with Crippen LogP contribution in [0.4, 0.5) is 0 Å². The second kappa shape index (κ2) is 5.78. The molecule has 0 saturated carbocycles. The van der Waals surface area contributed by atoms with E-state index in [1.54, 1.807) is 0 Å². The third-order valence-corrected chi connectivity index (χ3v) is 2.95. The van der Waals surface area contributed by atoms with Gasteiger partial charge in [0.05, 0.1) is 0 Å². The highest BCUT2D eigenvalue weighted by atomic mass is 79.9. The quantitative estimate of drug-likeness (QED) is 0.654. The SMILES string of the molecule is CC.Cc1ccc(Br)c(Br)c1. The summed E-state index contributed by atoms with van der Waals surface area (Å²) in [5.41, 5.74) is 1.27. The fourth-order valence-electron chi connectivity index (χ4n) is 0.601. The number of hydrogen-bond donors (Lipinski definition) is 0. The number of benzene rings is 1. The molecule has 0 nitrogen and oxygen atoms in total. The van der Waals surface area contributed by atoms with Crippen LogP contribution in [0.3, 0.4) is 0 Å². The normalized spacial score (nSPS) is 8.45. The zero-order chi connectivity index (χ0) is 8.85. The molecule has 0 atom stereocenters. The maximum atomic E-state index is 3.40. The maximum absolute atomic E-state index is 3.40. The van der Waals surface area contributed by atoms with E-state index in [0.29, 0.717) is 0 Å². The number of halogens is 2. The highest BCUT2D eigenvalue weighted by molar-refractivity contribution is 9.13. The van der Waals surface area contributed by atoms with Crippen LogP contribution in [-0.2, 0) is 0 Å². The van der Waals surface area contributed by atoms with Gasteiger partial charge in [-0.1, -0.05) is 19.9 Å². The molecule has 0 saturated heterocycles. The second-order valence-electron chi connectivity index (χ2n) is 1.92. The van der Waals surface area contributed by atoms with Gasteiger partial charge in [0.1, 0.15) is 0 Å². The summed E-state index contributed by atoms with van der Waals surface area (Å²) in [6.07, 6.45) is 0. The van der Waals surface area contributed by atoms with Crippen LogP contribution >= 0.6 is 31.9 Å². The second-order valence-corrected chi connectivity index (χ2v) is 3.63. The first-order chi connectivity index (χ1) is 5.20. The molecule has 0 bridgehead atoms. The lowest BCUT2D eigenvalue weighted by molar-refractivity contribution is 1.43. The summed E-state index contributed by atoms with van der Waals surface area (Å²) >= 11 is 6.78. The molecule has 1 rings (SSSR count). The van der Waals surface area contributed by atoms with Crippen molar-refractivity contribution in [1.82, 2.24) is 0 Å². The summed E-state index contributed by atoms with van der Waals surface area (Å²) in [6, 6.07) is 6.17. The Bertz CT molecular complexity index is 219. The molecular weight excluding hydrogens is 268 g/mol. The zero-order valence-electron chi connectivity index (χ0n) is 6.99. The molecule has 0 unspecified atom stereocenters. The molecule has 0 spiro atoms. The van der Waals surface area contributed by atoms with Crippen LogP contribution in [0.2, 0.25) is 0 Å². The van der Waals surface area contributed by atoms with Crippen molar-refractivity contribution in [1.29, 1.82) is 0 Å². The molecular formula is C9H12Br2. The standard InChI is InChI=1S/C7H6Br2.C2H6/c1-5-2-3-6(8)7(9)4-5;1-2/h2-4H,1H3;1-2H3. The van der Waals surface area contributed by atoms with Gasteiger partial charge in [0.15, 0.2) is 0 Å². The van der Waals surface area contributed by atoms with E-state index in [0.717, 1.165) is 8.95 Å². The fraction of sp³-hybridized carbons (Fsp3) is 0.333. The van der Waals surface area contributed by atoms with Crippen molar-refractivity contribution in [2.24, 2.45) is 0 Å². The van der Waals surface area contributed by atoms with Gasteiger partial charge in [0.2, 0.25) is 0 Å². The molecule has 0 aliphatic carbocycles. The summed E-state index contributed by atoms with van der Waals surface area (Å²) < 4.78 is 2.22. The van der Waals surface area contributed by atoms with Crippen LogP contribution in [0.1, 0.15) is 19.4 Å². The Balaban J connectivity index is 0.000000461. The van der Waals surface area contributed by atoms with E-state index in [-0.39, 0.29) is 0 Å². The Morgan fingerprint density at radius 3 is 1.91 bits per heavy atom. The van der Waals surface area contributed by atoms with E-state index in [9.17, 15) is 0 Å². The Hall–Kier alpha value is 0.180. The highest BCUT2D eigenvalue weighted by Gasteiger charge is 1.92. The average molecular weight is 280 g/mol. The van der Waals surface area contributed by atoms with Crippen molar-refractivity contribution in [2.75, 3.05) is 0 Å². The van der Waals surface area contributed by atoms with Gasteiger partial charge < -0.3 is 0 Å². The molecule has 0 aromatic heterocycles. The Morgan fingerprint density at radius 1 is 1.00 bits per heavy atom. The molecule has 1 aromatic carbocycles. The Morgan fingerprint density at radius 2 is 1.55 bits per heavy atom. The first kappa shape index (κ1) is 11.2. The van der Waals surface area contributed by atoms with Crippen LogP contribution in [0.5, 0.6) is 0 Å². The van der Waals surface area contributed by atoms with Crippen molar-refractivity contribution in [2.45, 2.75) is 20.8 Å². The van der Waals surface area contributed by atoms with Crippen molar-refractivity contribution < 1.29 is 0 Å². The lowest BCUT2D eigenvalue weighted by Crippen LogP contribution is -1.71. The van der Waals surface area contributed by atoms with Crippen molar-refractivity contribution in [3.63, 3.8) is 0 Å². The van der Waals surface area contributed by atoms with E-state index in [4.69, 9.17) is 0 Å². The molecule has 0 aliphatic rings. The van der Waals surface area contributed by atoms with Crippen molar-refractivity contribution >= 4 is 31.9 Å². The minimum absolute atomic E-state index is 1.10. The first-order valence-electron chi connectivity index (χ1n) is 3.62. The van der Waals surface area contributed by atoms with Crippen LogP contribution in [0.15, 0.2) is 27.1 Å². The van der Waals surface area contributed by atoms with Gasteiger partial charge in [-0.2, -0.15) is 0 Å². The van der Waals surface area contributed by atoms with Gasteiger partial charge in [0, 0.05) is 8.95 Å². The number of aryl methyl sites for hydroxylation is 1. The van der Waals surface area contributed by atoms with E-state index in [1.807, 2.05) is 19.9 Å². The van der Waals surface area contributed by atoms with Crippen LogP contribution in [-0.4, -0.2) is 0 Å². The highest BCUT2D eigenvalue weighted by Crippen LogP contribution is 2.22. The van der Waals surface area contributed by atoms with E-state index < -0.39 is 0 Å². The van der Waals surface area contributed by atoms with Gasteiger partial charge in [0.25, 0.3) is 0 Å². The van der Waals surface area contributed by atoms with Gasteiger partial charge in [-0.15, -0.1) is 0 Å². The summed E-state index contributed by atoms with van der Waals surface area (Å²) in [5.74, 6) is 0. The molecule has 11 heavy (non-hydrogen) atoms. The van der Waals surface area contributed by atoms with Gasteiger partial charge >= 0.3 is 0 Å². The topological polar surface area (TPSA) is 0 Å². The van der Waals surface area contributed by atoms with Gasteiger partial charge in [-0.05, 0) is 56.5 Å². The third-order valence-electron chi connectivity index (χ3n) is 1.08. The number of rotatable bonds is 0. The van der Waals surface area contributed by atoms with Crippen LogP contribution in [0, 0.1) is 6.92 Å². The molecule has 0 heterocycles. The van der Waals surface area contributed by atoms with E-state index >= 15 is 0 Å². The van der Waals surface area contributed by atoms with Gasteiger partial charge in [-0.3, -0.25) is 0 Å². The lowest BCUT2D eigenvalue weighted by Gasteiger charge is -1.95. The fourth-order valence-corrected chi connectivity index (χ4v) is 1.34. The summed E-state index contributed by atoms with van der Waals surface area (Å²) in [5, 5.41) is 0. The van der Waals surface area contributed by atoms with E-state index in [1.165, 1.54) is 5.56 Å². The molecule has 0 radical (unpaired) electrons. The van der Waals surface area contributed by atoms with Crippen molar-refractivity contribution in [3.05, 3.63) is 32.7 Å². The predicted octanol–water partition coefficient (Wildman–Crippen LogP) is 4.55. The van der Waals surface area contributed by atoms with Crippen molar-refractivity contribution in [3.8, 4) is 0 Å². The zero-order valence-corrected chi connectivity index (χ0v) is 10.2. The maximum Gasteiger partial charge on any atom is 0.0320 e. The molecule has 62 valence electrons. The smallest absolute Gasteiger partial charge is 0.0320 e. The van der Waals surface area contributed by atoms with Crippen LogP contribution < -0.4 is 0 Å². The monoisotopic (exact) mass is 278 g/mol. The van der Waals surface area contributed by atoms with Gasteiger partial charge in [-0.25, -0.2) is 0 Å². The molecule has 0 N–H and O–H groups in total. The summed E-state index contributed by atoms with van der Waals surface area (Å²) in [7, 11) is 0. The largest absolute Gasteiger partial charge is 0.0683 e. The minimum Gasteiger partial charge on any atom is -0.0683 e. The number of hydrogen-bond acceptors (Lipinski definition) is 0. The predicted molar refractivity (Wildman–Crippen MR) is 57.9 cm³/mol. The Labute approximate surface area is 85.3 Å². The summed E-state index contributed by atoms with van der Waals surface area (Å²) in [6.45, 7) is 6.07. The lowest BCUT2D eigenvalue weighted by atomic mass is 10.2. The first-order valence-corrected chi connectivity index (χ1v) is 5.20. The molecule has 1 aromatic rings. The molecule has 0 fully saturated rings. The summed E-state index contributed by atoms with van der Waals surface area (Å²) in [4.78, 5) is 0. The molecule has 2 heteroatoms. The molecule has 0 aliphatic heterocycles. The Kier molecular flexibility index (Phi) is 5.88. The third kappa shape index (κ3) is 3.92. The average Bonchev–Trinajstić information content (AvgIpc) is 2.02. The minimum atomic E-state index is 1.10. The van der Waals surface area contributed by atoms with E-state index in [2.05, 4.69) is 50.9 Å².